The van der Waals surface area contributed by atoms with Gasteiger partial charge in [-0.25, -0.2) is 10.9 Å². The highest BCUT2D eigenvalue weighted by Crippen LogP contribution is 2.33. The molecule has 6 rings (SSSR count). The average Bonchev–Trinajstić information content (AvgIpc) is 3.32. The first-order chi connectivity index (χ1) is 19.3. The second-order valence-corrected chi connectivity index (χ2v) is 10.4. The molecule has 4 heterocycles. The highest BCUT2D eigenvalue weighted by molar-refractivity contribution is 6.09. The van der Waals surface area contributed by atoms with Gasteiger partial charge in [0.05, 0.1) is 5.69 Å². The molecule has 0 radical (unpaired) electrons. The number of nitrogens with one attached hydrogen (secondary N) is 2. The summed E-state index contributed by atoms with van der Waals surface area (Å²) in [6.45, 7) is 9.60. The van der Waals surface area contributed by atoms with E-state index in [0.717, 1.165) is 40.0 Å². The van der Waals surface area contributed by atoms with E-state index in [4.69, 9.17) is 5.84 Å². The Labute approximate surface area is 232 Å². The number of nitrogens with zero attached hydrogens (tertiary/aromatic N) is 5. The number of benzene rings is 2. The summed E-state index contributed by atoms with van der Waals surface area (Å²) in [6.07, 6.45) is 1.85. The highest BCUT2D eigenvalue weighted by Gasteiger charge is 2.29. The largest absolute Gasteiger partial charge is 0.351 e. The van der Waals surface area contributed by atoms with Gasteiger partial charge in [0.25, 0.3) is 11.5 Å². The predicted octanol–water partition coefficient (Wildman–Crippen LogP) is 3.29. The molecule has 2 aromatic carbocycles. The van der Waals surface area contributed by atoms with Crippen molar-refractivity contribution in [2.24, 2.45) is 5.84 Å². The van der Waals surface area contributed by atoms with Gasteiger partial charge < -0.3 is 19.8 Å². The molecule has 0 bridgehead atoms. The Morgan fingerprint density at radius 2 is 1.90 bits per heavy atom. The fourth-order valence-corrected chi connectivity index (χ4v) is 5.54. The molecule has 0 aliphatic carbocycles. The van der Waals surface area contributed by atoms with Crippen molar-refractivity contribution in [2.45, 2.75) is 13.5 Å². The van der Waals surface area contributed by atoms with Crippen LogP contribution in [0.2, 0.25) is 0 Å². The Bertz CT molecular complexity index is 1730. The SMILES string of the molecule is C=C(/C=C1/CN(C)CCN1N)Nc1cc(-c2cccc(N3CCn4c(cc5ccccc54)C3=O)c2C)n[nH]c1=O. The van der Waals surface area contributed by atoms with Crippen molar-refractivity contribution in [3.8, 4) is 11.3 Å². The van der Waals surface area contributed by atoms with Gasteiger partial charge in [0.15, 0.2) is 0 Å². The van der Waals surface area contributed by atoms with E-state index < -0.39 is 0 Å². The standard InChI is InChI=1S/C30H32N8O2/c1-19(15-22-18-35(3)11-14-38(22)31)32-25-17-24(33-34-29(25)39)23-8-6-10-26(20(23)2)37-13-12-36-27-9-5-4-7-21(27)16-28(36)30(37)40/h4-10,15-17H,1,11-14,18,31H2,2-3H3,(H,32,33)(H,34,39)/b22-15-. The van der Waals surface area contributed by atoms with E-state index in [9.17, 15) is 9.59 Å². The third-order valence-corrected chi connectivity index (χ3v) is 7.66. The Kier molecular flexibility index (Phi) is 6.49. The smallest absolute Gasteiger partial charge is 0.287 e. The normalized spacial score (nSPS) is 17.0. The van der Waals surface area contributed by atoms with E-state index in [2.05, 4.69) is 31.6 Å². The van der Waals surface area contributed by atoms with Crippen LogP contribution >= 0.6 is 0 Å². The van der Waals surface area contributed by atoms with Gasteiger partial charge in [-0.2, -0.15) is 5.10 Å². The van der Waals surface area contributed by atoms with Crippen molar-refractivity contribution in [3.63, 3.8) is 0 Å². The summed E-state index contributed by atoms with van der Waals surface area (Å²) >= 11 is 0. The third-order valence-electron chi connectivity index (χ3n) is 7.66. The number of nitrogens with two attached hydrogens (primary N) is 1. The molecular weight excluding hydrogens is 504 g/mol. The zero-order valence-corrected chi connectivity index (χ0v) is 22.6. The van der Waals surface area contributed by atoms with E-state index in [1.54, 1.807) is 11.1 Å². The maximum absolute atomic E-state index is 13.6. The second-order valence-electron chi connectivity index (χ2n) is 10.4. The lowest BCUT2D eigenvalue weighted by Crippen LogP contribution is -2.46. The molecule has 1 amide bonds. The van der Waals surface area contributed by atoms with Crippen molar-refractivity contribution >= 4 is 28.2 Å². The molecule has 4 N–H and O–H groups in total. The van der Waals surface area contributed by atoms with E-state index in [-0.39, 0.29) is 11.5 Å². The first-order valence-corrected chi connectivity index (χ1v) is 13.3. The summed E-state index contributed by atoms with van der Waals surface area (Å²) in [6, 6.07) is 17.5. The van der Waals surface area contributed by atoms with Gasteiger partial charge in [-0.3, -0.25) is 14.5 Å². The maximum Gasteiger partial charge on any atom is 0.287 e. The summed E-state index contributed by atoms with van der Waals surface area (Å²) in [5.41, 5.74) is 6.29. The molecule has 2 aromatic heterocycles. The zero-order chi connectivity index (χ0) is 28.0. The van der Waals surface area contributed by atoms with Crippen molar-refractivity contribution < 1.29 is 4.79 Å². The number of anilines is 2. The maximum atomic E-state index is 13.6. The van der Waals surface area contributed by atoms with Crippen LogP contribution in [0.1, 0.15) is 16.1 Å². The first kappa shape index (κ1) is 25.6. The van der Waals surface area contributed by atoms with Gasteiger partial charge in [0.2, 0.25) is 0 Å². The number of hydrogen-bond acceptors (Lipinski definition) is 7. The number of amides is 1. The summed E-state index contributed by atoms with van der Waals surface area (Å²) in [5, 5.41) is 12.8. The molecule has 4 aromatic rings. The quantitative estimate of drug-likeness (QED) is 0.335. The highest BCUT2D eigenvalue weighted by atomic mass is 16.2. The molecule has 40 heavy (non-hydrogen) atoms. The van der Waals surface area contributed by atoms with Gasteiger partial charge >= 0.3 is 0 Å². The Morgan fingerprint density at radius 1 is 1.07 bits per heavy atom. The number of para-hydroxylation sites is 1. The van der Waals surface area contributed by atoms with Gasteiger partial charge in [0, 0.05) is 66.3 Å². The van der Waals surface area contributed by atoms with Crippen LogP contribution in [0.15, 0.2) is 83.4 Å². The monoisotopic (exact) mass is 536 g/mol. The second kappa shape index (κ2) is 10.1. The fraction of sp³-hybridized carbons (Fsp3) is 0.233. The zero-order valence-electron chi connectivity index (χ0n) is 22.6. The third kappa shape index (κ3) is 4.57. The number of hydrazine groups is 1. The molecule has 10 nitrogen and oxygen atoms in total. The lowest BCUT2D eigenvalue weighted by Gasteiger charge is -2.33. The van der Waals surface area contributed by atoms with Crippen LogP contribution in [-0.4, -0.2) is 63.8 Å². The molecule has 2 aliphatic heterocycles. The van der Waals surface area contributed by atoms with Crippen molar-refractivity contribution in [2.75, 3.05) is 43.4 Å². The Balaban J connectivity index is 1.29. The van der Waals surface area contributed by atoms with Gasteiger partial charge in [-0.1, -0.05) is 36.9 Å². The van der Waals surface area contributed by atoms with Crippen LogP contribution in [0, 0.1) is 6.92 Å². The summed E-state index contributed by atoms with van der Waals surface area (Å²) in [5.74, 6) is 6.09. The number of carbonyl (C=O) groups excluding carboxylic acids is 1. The van der Waals surface area contributed by atoms with Crippen molar-refractivity contribution in [1.29, 1.82) is 0 Å². The minimum atomic E-state index is -0.360. The molecule has 0 saturated carbocycles. The van der Waals surface area contributed by atoms with Crippen LogP contribution in [-0.2, 0) is 6.54 Å². The molecule has 1 fully saturated rings. The van der Waals surface area contributed by atoms with Crippen molar-refractivity contribution in [3.05, 3.63) is 100 Å². The number of aromatic amines is 1. The van der Waals surface area contributed by atoms with Crippen LogP contribution < -0.4 is 21.6 Å². The number of aromatic nitrogens is 3. The number of carbonyl (C=O) groups is 1. The summed E-state index contributed by atoms with van der Waals surface area (Å²) in [7, 11) is 2.03. The number of hydrogen-bond donors (Lipinski definition) is 3. The average molecular weight is 537 g/mol. The van der Waals surface area contributed by atoms with Gasteiger partial charge in [0.1, 0.15) is 11.4 Å². The molecule has 0 atom stereocenters. The molecular formula is C30H32N8O2. The predicted molar refractivity (Wildman–Crippen MR) is 158 cm³/mol. The van der Waals surface area contributed by atoms with E-state index in [1.165, 1.54) is 0 Å². The summed E-state index contributed by atoms with van der Waals surface area (Å²) in [4.78, 5) is 30.2. The van der Waals surface area contributed by atoms with E-state index in [1.807, 2.05) is 73.5 Å². The van der Waals surface area contributed by atoms with Crippen LogP contribution in [0.5, 0.6) is 0 Å². The topological polar surface area (TPSA) is 116 Å². The van der Waals surface area contributed by atoms with E-state index in [0.29, 0.717) is 49.0 Å². The lowest BCUT2D eigenvalue weighted by molar-refractivity contribution is 0.0966. The number of rotatable bonds is 5. The number of fused-ring (bicyclic) bond motifs is 3. The van der Waals surface area contributed by atoms with Gasteiger partial charge in [-0.05, 0) is 49.9 Å². The fourth-order valence-electron chi connectivity index (χ4n) is 5.54. The van der Waals surface area contributed by atoms with Crippen LogP contribution in [0.4, 0.5) is 11.4 Å². The molecule has 10 heteroatoms. The minimum absolute atomic E-state index is 0.0360. The number of likely N-dealkylation sites (N-methyl/N-ethyl adjacent to an activating group) is 1. The molecule has 204 valence electrons. The van der Waals surface area contributed by atoms with E-state index >= 15 is 0 Å². The van der Waals surface area contributed by atoms with Crippen LogP contribution in [0.3, 0.4) is 0 Å². The molecule has 0 unspecified atom stereocenters. The molecule has 2 aliphatic rings. The number of allylic oxidation sites excluding steroid dienone is 1. The number of H-pyrrole nitrogens is 1. The Hall–Kier alpha value is -4.67. The van der Waals surface area contributed by atoms with Crippen LogP contribution in [0.25, 0.3) is 22.2 Å². The molecule has 0 spiro atoms. The first-order valence-electron chi connectivity index (χ1n) is 13.3. The van der Waals surface area contributed by atoms with Gasteiger partial charge in [-0.15, -0.1) is 0 Å². The lowest BCUT2D eigenvalue weighted by atomic mass is 10.0. The minimum Gasteiger partial charge on any atom is -0.351 e. The molecule has 1 saturated heterocycles. The number of piperazine rings is 1. The Morgan fingerprint density at radius 3 is 2.75 bits per heavy atom. The van der Waals surface area contributed by atoms with Crippen molar-refractivity contribution in [1.82, 2.24) is 24.7 Å². The summed E-state index contributed by atoms with van der Waals surface area (Å²) < 4.78 is 2.09.